The number of aliphatic imine (C=N–C) groups is 1. The number of methoxy groups -OCH3 is 1. The first-order chi connectivity index (χ1) is 13.9. The van der Waals surface area contributed by atoms with Crippen molar-refractivity contribution in [1.82, 2.24) is 10.2 Å². The first kappa shape index (κ1) is 26.8. The predicted octanol–water partition coefficient (Wildman–Crippen LogP) is 3.70. The number of nitrogens with zero attached hydrogens (tertiary/aromatic N) is 2. The minimum Gasteiger partial charge on any atom is -0.484 e. The maximum Gasteiger partial charge on any atom is 0.422 e. The fourth-order valence-corrected chi connectivity index (χ4v) is 3.07. The highest BCUT2D eigenvalue weighted by Crippen LogP contribution is 2.23. The molecule has 10 heteroatoms. The number of para-hydroxylation sites is 1. The van der Waals surface area contributed by atoms with E-state index in [9.17, 15) is 13.2 Å². The van der Waals surface area contributed by atoms with Gasteiger partial charge in [-0.05, 0) is 19.4 Å². The molecule has 1 fully saturated rings. The summed E-state index contributed by atoms with van der Waals surface area (Å²) in [4.78, 5) is 6.78. The normalized spacial score (nSPS) is 17.0. The second-order valence-corrected chi connectivity index (χ2v) is 6.85. The van der Waals surface area contributed by atoms with Crippen LogP contribution in [-0.4, -0.2) is 70.2 Å². The van der Waals surface area contributed by atoms with Crippen LogP contribution in [0, 0.1) is 5.92 Å². The lowest BCUT2D eigenvalue weighted by Crippen LogP contribution is -2.40. The van der Waals surface area contributed by atoms with Gasteiger partial charge in [0.1, 0.15) is 5.75 Å². The number of benzene rings is 1. The molecule has 1 saturated heterocycles. The van der Waals surface area contributed by atoms with E-state index in [4.69, 9.17) is 14.2 Å². The second kappa shape index (κ2) is 13.9. The number of nitrogens with one attached hydrogen (secondary N) is 1. The minimum atomic E-state index is -4.37. The van der Waals surface area contributed by atoms with Crippen molar-refractivity contribution in [2.75, 3.05) is 53.2 Å². The van der Waals surface area contributed by atoms with E-state index in [1.54, 1.807) is 25.3 Å². The molecule has 1 N–H and O–H groups in total. The molecule has 172 valence electrons. The van der Waals surface area contributed by atoms with Crippen LogP contribution in [-0.2, 0) is 16.0 Å². The van der Waals surface area contributed by atoms with Gasteiger partial charge in [0.05, 0.1) is 26.4 Å². The zero-order valence-electron chi connectivity index (χ0n) is 17.4. The first-order valence-electron chi connectivity index (χ1n) is 9.80. The molecular weight excluding hydrogens is 514 g/mol. The third-order valence-electron chi connectivity index (χ3n) is 4.47. The number of ether oxygens (including phenoxy) is 3. The molecule has 1 heterocycles. The van der Waals surface area contributed by atoms with Crippen molar-refractivity contribution >= 4 is 29.9 Å². The summed E-state index contributed by atoms with van der Waals surface area (Å²) in [5, 5.41) is 3.26. The van der Waals surface area contributed by atoms with Crippen molar-refractivity contribution in [1.29, 1.82) is 0 Å². The Balaban J connectivity index is 0.00000450. The minimum absolute atomic E-state index is 0. The van der Waals surface area contributed by atoms with E-state index in [1.165, 1.54) is 6.07 Å². The average molecular weight is 545 g/mol. The van der Waals surface area contributed by atoms with Crippen molar-refractivity contribution in [3.63, 3.8) is 0 Å². The van der Waals surface area contributed by atoms with Crippen molar-refractivity contribution < 1.29 is 27.4 Å². The third kappa shape index (κ3) is 9.69. The molecule has 0 spiro atoms. The maximum absolute atomic E-state index is 12.5. The summed E-state index contributed by atoms with van der Waals surface area (Å²) in [7, 11) is 1.64. The second-order valence-electron chi connectivity index (χ2n) is 6.85. The van der Waals surface area contributed by atoms with Gasteiger partial charge < -0.3 is 24.4 Å². The van der Waals surface area contributed by atoms with Crippen LogP contribution in [0.5, 0.6) is 5.75 Å². The molecule has 6 nitrogen and oxygen atoms in total. The van der Waals surface area contributed by atoms with E-state index >= 15 is 0 Å². The van der Waals surface area contributed by atoms with E-state index in [-0.39, 0.29) is 36.3 Å². The van der Waals surface area contributed by atoms with E-state index in [0.717, 1.165) is 25.5 Å². The van der Waals surface area contributed by atoms with Gasteiger partial charge in [0.25, 0.3) is 0 Å². The van der Waals surface area contributed by atoms with Gasteiger partial charge in [0.15, 0.2) is 12.6 Å². The Kier molecular flexibility index (Phi) is 12.4. The quantitative estimate of drug-likeness (QED) is 0.211. The molecule has 0 aliphatic carbocycles. The Morgan fingerprint density at radius 3 is 2.73 bits per heavy atom. The number of halogens is 4. The van der Waals surface area contributed by atoms with Crippen LogP contribution in [0.25, 0.3) is 0 Å². The Morgan fingerprint density at radius 2 is 2.03 bits per heavy atom. The van der Waals surface area contributed by atoms with Gasteiger partial charge in [-0.2, -0.15) is 13.2 Å². The SMILES string of the molecule is CCNC(=NCc1ccccc1OCC(F)(F)F)N1CCC(COCCOC)C1.I. The van der Waals surface area contributed by atoms with Crippen molar-refractivity contribution in [3.05, 3.63) is 29.8 Å². The molecule has 1 aliphatic heterocycles. The highest BCUT2D eigenvalue weighted by molar-refractivity contribution is 14.0. The van der Waals surface area contributed by atoms with Crippen LogP contribution in [0.2, 0.25) is 0 Å². The summed E-state index contributed by atoms with van der Waals surface area (Å²) in [5.41, 5.74) is 0.616. The van der Waals surface area contributed by atoms with Gasteiger partial charge in [-0.3, -0.25) is 0 Å². The highest BCUT2D eigenvalue weighted by atomic mass is 127. The number of rotatable bonds is 10. The molecule has 0 amide bonds. The lowest BCUT2D eigenvalue weighted by atomic mass is 10.1. The van der Waals surface area contributed by atoms with Gasteiger partial charge in [-0.25, -0.2) is 4.99 Å². The number of guanidine groups is 1. The number of hydrogen-bond acceptors (Lipinski definition) is 4. The monoisotopic (exact) mass is 545 g/mol. The summed E-state index contributed by atoms with van der Waals surface area (Å²) in [6.45, 7) is 5.13. The van der Waals surface area contributed by atoms with Crippen LogP contribution < -0.4 is 10.1 Å². The summed E-state index contributed by atoms with van der Waals surface area (Å²) < 4.78 is 53.0. The molecule has 0 bridgehead atoms. The van der Waals surface area contributed by atoms with Crippen molar-refractivity contribution in [2.24, 2.45) is 10.9 Å². The van der Waals surface area contributed by atoms with Crippen LogP contribution in [0.15, 0.2) is 29.3 Å². The maximum atomic E-state index is 12.5. The Morgan fingerprint density at radius 1 is 1.27 bits per heavy atom. The lowest BCUT2D eigenvalue weighted by Gasteiger charge is -2.22. The van der Waals surface area contributed by atoms with Crippen molar-refractivity contribution in [3.8, 4) is 5.75 Å². The Labute approximate surface area is 193 Å². The highest BCUT2D eigenvalue weighted by Gasteiger charge is 2.29. The Bertz CT molecular complexity index is 647. The molecule has 0 aromatic heterocycles. The van der Waals surface area contributed by atoms with Gasteiger partial charge >= 0.3 is 6.18 Å². The fraction of sp³-hybridized carbons (Fsp3) is 0.650. The molecule has 1 aliphatic rings. The summed E-state index contributed by atoms with van der Waals surface area (Å²) in [6, 6.07) is 6.68. The summed E-state index contributed by atoms with van der Waals surface area (Å²) in [6.07, 6.45) is -3.37. The molecule has 0 saturated carbocycles. The molecule has 1 unspecified atom stereocenters. The molecule has 0 radical (unpaired) electrons. The van der Waals surface area contributed by atoms with E-state index < -0.39 is 12.8 Å². The van der Waals surface area contributed by atoms with E-state index in [1.807, 2.05) is 6.92 Å². The van der Waals surface area contributed by atoms with Gasteiger partial charge in [-0.1, -0.05) is 18.2 Å². The number of hydrogen-bond donors (Lipinski definition) is 1. The van der Waals surface area contributed by atoms with Gasteiger partial charge in [0, 0.05) is 38.2 Å². The van der Waals surface area contributed by atoms with Crippen LogP contribution in [0.1, 0.15) is 18.9 Å². The standard InChI is InChI=1S/C20H30F3N3O3.HI/c1-3-24-19(26-9-8-16(13-26)14-28-11-10-27-2)25-12-17-6-4-5-7-18(17)29-15-20(21,22)23;/h4-7,16H,3,8-15H2,1-2H3,(H,24,25);1H. The van der Waals surface area contributed by atoms with Gasteiger partial charge in [-0.15, -0.1) is 24.0 Å². The number of alkyl halides is 3. The molecule has 30 heavy (non-hydrogen) atoms. The molecule has 1 aromatic rings. The van der Waals surface area contributed by atoms with E-state index in [0.29, 0.717) is 37.8 Å². The first-order valence-corrected chi connectivity index (χ1v) is 9.80. The molecule has 1 atom stereocenters. The number of likely N-dealkylation sites (tertiary alicyclic amines) is 1. The third-order valence-corrected chi connectivity index (χ3v) is 4.47. The van der Waals surface area contributed by atoms with Crippen LogP contribution in [0.4, 0.5) is 13.2 Å². The Hall–Kier alpha value is -1.27. The smallest absolute Gasteiger partial charge is 0.422 e. The van der Waals surface area contributed by atoms with Crippen molar-refractivity contribution in [2.45, 2.75) is 26.1 Å². The molecule has 2 rings (SSSR count). The van der Waals surface area contributed by atoms with Gasteiger partial charge in [0.2, 0.25) is 0 Å². The predicted molar refractivity (Wildman–Crippen MR) is 121 cm³/mol. The topological polar surface area (TPSA) is 55.3 Å². The van der Waals surface area contributed by atoms with Crippen LogP contribution >= 0.6 is 24.0 Å². The zero-order valence-corrected chi connectivity index (χ0v) is 19.7. The fourth-order valence-electron chi connectivity index (χ4n) is 3.07. The van der Waals surface area contributed by atoms with Crippen LogP contribution in [0.3, 0.4) is 0 Å². The average Bonchev–Trinajstić information content (AvgIpc) is 3.16. The summed E-state index contributed by atoms with van der Waals surface area (Å²) >= 11 is 0. The van der Waals surface area contributed by atoms with E-state index in [2.05, 4.69) is 15.2 Å². The zero-order chi connectivity index (χ0) is 21.1. The molecular formula is C20H31F3IN3O3. The molecule has 1 aromatic carbocycles. The lowest BCUT2D eigenvalue weighted by molar-refractivity contribution is -0.153. The summed E-state index contributed by atoms with van der Waals surface area (Å²) in [5.74, 6) is 1.37. The largest absolute Gasteiger partial charge is 0.484 e.